The molecule has 0 amide bonds. The van der Waals surface area contributed by atoms with E-state index in [9.17, 15) is 13.2 Å². The van der Waals surface area contributed by atoms with Crippen LogP contribution in [0.4, 0.5) is 13.2 Å². The molecule has 0 heterocycles. The van der Waals surface area contributed by atoms with E-state index in [2.05, 4.69) is 17.0 Å². The van der Waals surface area contributed by atoms with E-state index >= 15 is 0 Å². The standard InChI is InChI=1S/C12H16F3NOS/c1-9(18-2)7-16-8-10-3-5-11(6-4-10)17-12(13,14)15/h3-6,9,16H,7-8H2,1-2H3. The van der Waals surface area contributed by atoms with Gasteiger partial charge in [0.05, 0.1) is 0 Å². The quantitative estimate of drug-likeness (QED) is 0.862. The molecule has 0 bridgehead atoms. The van der Waals surface area contributed by atoms with Gasteiger partial charge in [0.15, 0.2) is 0 Å². The topological polar surface area (TPSA) is 21.3 Å². The zero-order valence-electron chi connectivity index (χ0n) is 10.3. The minimum Gasteiger partial charge on any atom is -0.406 e. The van der Waals surface area contributed by atoms with Crippen LogP contribution in [-0.2, 0) is 6.54 Å². The molecule has 1 aromatic rings. The molecule has 0 saturated carbocycles. The summed E-state index contributed by atoms with van der Waals surface area (Å²) in [6.07, 6.45) is -2.59. The number of nitrogens with one attached hydrogen (secondary N) is 1. The lowest BCUT2D eigenvalue weighted by Gasteiger charge is -2.11. The van der Waals surface area contributed by atoms with Crippen LogP contribution >= 0.6 is 11.8 Å². The number of halogens is 3. The second kappa shape index (κ2) is 6.89. The van der Waals surface area contributed by atoms with E-state index in [1.807, 2.05) is 6.26 Å². The Morgan fingerprint density at radius 1 is 1.28 bits per heavy atom. The molecule has 1 aromatic carbocycles. The maximum Gasteiger partial charge on any atom is 0.573 e. The Hall–Kier alpha value is -0.880. The van der Waals surface area contributed by atoms with Gasteiger partial charge in [0, 0.05) is 18.3 Å². The average Bonchev–Trinajstić information content (AvgIpc) is 2.29. The maximum atomic E-state index is 11.9. The first kappa shape index (κ1) is 15.2. The molecule has 0 aliphatic rings. The van der Waals surface area contributed by atoms with Gasteiger partial charge in [0.1, 0.15) is 5.75 Å². The smallest absolute Gasteiger partial charge is 0.406 e. The van der Waals surface area contributed by atoms with Gasteiger partial charge >= 0.3 is 6.36 Å². The van der Waals surface area contributed by atoms with Crippen LogP contribution in [0.1, 0.15) is 12.5 Å². The van der Waals surface area contributed by atoms with Crippen molar-refractivity contribution in [1.29, 1.82) is 0 Å². The molecule has 18 heavy (non-hydrogen) atoms. The first-order chi connectivity index (χ1) is 8.40. The van der Waals surface area contributed by atoms with Gasteiger partial charge in [-0.2, -0.15) is 11.8 Å². The first-order valence-electron chi connectivity index (χ1n) is 5.49. The first-order valence-corrected chi connectivity index (χ1v) is 6.77. The van der Waals surface area contributed by atoms with Crippen molar-refractivity contribution < 1.29 is 17.9 Å². The minimum atomic E-state index is -4.63. The van der Waals surface area contributed by atoms with Crippen molar-refractivity contribution in [3.8, 4) is 5.75 Å². The predicted molar refractivity (Wildman–Crippen MR) is 67.8 cm³/mol. The number of rotatable bonds is 6. The number of benzene rings is 1. The minimum absolute atomic E-state index is 0.191. The molecule has 0 aliphatic carbocycles. The molecule has 0 aromatic heterocycles. The Morgan fingerprint density at radius 2 is 1.89 bits per heavy atom. The van der Waals surface area contributed by atoms with Gasteiger partial charge in [-0.25, -0.2) is 0 Å². The molecule has 1 rings (SSSR count). The van der Waals surface area contributed by atoms with Crippen LogP contribution in [0.25, 0.3) is 0 Å². The molecule has 0 radical (unpaired) electrons. The van der Waals surface area contributed by atoms with E-state index in [4.69, 9.17) is 0 Å². The monoisotopic (exact) mass is 279 g/mol. The summed E-state index contributed by atoms with van der Waals surface area (Å²) in [6, 6.07) is 5.89. The molecule has 0 spiro atoms. The van der Waals surface area contributed by atoms with Crippen molar-refractivity contribution >= 4 is 11.8 Å². The fourth-order valence-corrected chi connectivity index (χ4v) is 1.60. The summed E-state index contributed by atoms with van der Waals surface area (Å²) in [5, 5.41) is 3.75. The van der Waals surface area contributed by atoms with Crippen LogP contribution in [0.2, 0.25) is 0 Å². The summed E-state index contributed by atoms with van der Waals surface area (Å²) in [5.41, 5.74) is 0.929. The van der Waals surface area contributed by atoms with Crippen molar-refractivity contribution in [2.75, 3.05) is 12.8 Å². The lowest BCUT2D eigenvalue weighted by atomic mass is 10.2. The molecule has 1 N–H and O–H groups in total. The number of thioether (sulfide) groups is 1. The highest BCUT2D eigenvalue weighted by molar-refractivity contribution is 7.99. The molecule has 1 atom stereocenters. The number of hydrogen-bond acceptors (Lipinski definition) is 3. The molecule has 0 saturated heterocycles. The van der Waals surface area contributed by atoms with E-state index in [1.165, 1.54) is 12.1 Å². The van der Waals surface area contributed by atoms with Crippen LogP contribution < -0.4 is 10.1 Å². The third kappa shape index (κ3) is 6.16. The highest BCUT2D eigenvalue weighted by Crippen LogP contribution is 2.22. The van der Waals surface area contributed by atoms with Gasteiger partial charge in [0.2, 0.25) is 0 Å². The van der Waals surface area contributed by atoms with Crippen molar-refractivity contribution in [2.24, 2.45) is 0 Å². The second-order valence-electron chi connectivity index (χ2n) is 3.87. The third-order valence-corrected chi connectivity index (χ3v) is 3.29. The van der Waals surface area contributed by atoms with Crippen molar-refractivity contribution in [3.05, 3.63) is 29.8 Å². The van der Waals surface area contributed by atoms with E-state index in [0.29, 0.717) is 11.8 Å². The number of hydrogen-bond donors (Lipinski definition) is 1. The fourth-order valence-electron chi connectivity index (χ4n) is 1.31. The van der Waals surface area contributed by atoms with Crippen LogP contribution in [-0.4, -0.2) is 24.4 Å². The average molecular weight is 279 g/mol. The van der Waals surface area contributed by atoms with Gasteiger partial charge in [-0.15, -0.1) is 13.2 Å². The molecule has 6 heteroatoms. The van der Waals surface area contributed by atoms with E-state index in [-0.39, 0.29) is 5.75 Å². The normalized spacial score (nSPS) is 13.4. The van der Waals surface area contributed by atoms with Crippen molar-refractivity contribution in [3.63, 3.8) is 0 Å². The van der Waals surface area contributed by atoms with Crippen molar-refractivity contribution in [1.82, 2.24) is 5.32 Å². The van der Waals surface area contributed by atoms with Gasteiger partial charge in [0.25, 0.3) is 0 Å². The SMILES string of the molecule is CSC(C)CNCc1ccc(OC(F)(F)F)cc1. The molecule has 102 valence electrons. The van der Waals surface area contributed by atoms with Gasteiger partial charge in [-0.3, -0.25) is 0 Å². The summed E-state index contributed by atoms with van der Waals surface area (Å²) in [4.78, 5) is 0. The zero-order chi connectivity index (χ0) is 13.6. The van der Waals surface area contributed by atoms with Gasteiger partial charge in [-0.1, -0.05) is 19.1 Å². The van der Waals surface area contributed by atoms with Crippen LogP contribution in [0.5, 0.6) is 5.75 Å². The summed E-state index contributed by atoms with van der Waals surface area (Å²) in [6.45, 7) is 3.61. The largest absolute Gasteiger partial charge is 0.573 e. The van der Waals surface area contributed by atoms with Gasteiger partial charge < -0.3 is 10.1 Å². The van der Waals surface area contributed by atoms with Crippen LogP contribution in [0.3, 0.4) is 0 Å². The highest BCUT2D eigenvalue weighted by atomic mass is 32.2. The number of alkyl halides is 3. The Morgan fingerprint density at radius 3 is 2.39 bits per heavy atom. The lowest BCUT2D eigenvalue weighted by molar-refractivity contribution is -0.274. The summed E-state index contributed by atoms with van der Waals surface area (Å²) < 4.78 is 39.6. The Balaban J connectivity index is 2.41. The summed E-state index contributed by atoms with van der Waals surface area (Å²) in [5.74, 6) is -0.191. The molecule has 1 unspecified atom stereocenters. The zero-order valence-corrected chi connectivity index (χ0v) is 11.1. The molecular formula is C12H16F3NOS. The third-order valence-electron chi connectivity index (χ3n) is 2.32. The molecule has 0 aliphatic heterocycles. The molecule has 0 fully saturated rings. The Bertz CT molecular complexity index is 353. The molecular weight excluding hydrogens is 263 g/mol. The predicted octanol–water partition coefficient (Wildman–Crippen LogP) is 3.43. The highest BCUT2D eigenvalue weighted by Gasteiger charge is 2.30. The Labute approximate surface area is 109 Å². The lowest BCUT2D eigenvalue weighted by Crippen LogP contribution is -2.22. The van der Waals surface area contributed by atoms with Crippen molar-refractivity contribution in [2.45, 2.75) is 25.1 Å². The van der Waals surface area contributed by atoms with Crippen LogP contribution in [0, 0.1) is 0 Å². The molecule has 2 nitrogen and oxygen atoms in total. The van der Waals surface area contributed by atoms with Crippen LogP contribution in [0.15, 0.2) is 24.3 Å². The van der Waals surface area contributed by atoms with E-state index in [0.717, 1.165) is 12.1 Å². The van der Waals surface area contributed by atoms with E-state index < -0.39 is 6.36 Å². The summed E-state index contributed by atoms with van der Waals surface area (Å²) >= 11 is 1.76. The maximum absolute atomic E-state index is 11.9. The summed E-state index contributed by atoms with van der Waals surface area (Å²) in [7, 11) is 0. The number of ether oxygens (including phenoxy) is 1. The Kier molecular flexibility index (Phi) is 5.81. The second-order valence-corrected chi connectivity index (χ2v) is 5.15. The fraction of sp³-hybridized carbons (Fsp3) is 0.500. The van der Waals surface area contributed by atoms with Gasteiger partial charge in [-0.05, 0) is 24.0 Å². The van der Waals surface area contributed by atoms with E-state index in [1.54, 1.807) is 23.9 Å².